The molecule has 0 spiro atoms. The molecule has 0 aromatic heterocycles. The molecule has 142 valence electrons. The molecule has 0 radical (unpaired) electrons. The molecular weight excluding hydrogens is 338 g/mol. The van der Waals surface area contributed by atoms with Crippen molar-refractivity contribution in [2.24, 2.45) is 0 Å². The van der Waals surface area contributed by atoms with E-state index in [0.29, 0.717) is 6.54 Å². The summed E-state index contributed by atoms with van der Waals surface area (Å²) in [4.78, 5) is 25.1. The van der Waals surface area contributed by atoms with Crippen LogP contribution in [0.2, 0.25) is 0 Å². The molecule has 2 rings (SSSR count). The molecular formula is C22H27N3O2. The van der Waals surface area contributed by atoms with Crippen LogP contribution in [-0.4, -0.2) is 36.9 Å². The van der Waals surface area contributed by atoms with Crippen LogP contribution in [0.5, 0.6) is 0 Å². The van der Waals surface area contributed by atoms with Crippen molar-refractivity contribution in [3.63, 3.8) is 0 Å². The lowest BCUT2D eigenvalue weighted by Crippen LogP contribution is -2.26. The fraction of sp³-hybridized carbons (Fsp3) is 0.273. The van der Waals surface area contributed by atoms with Crippen molar-refractivity contribution < 1.29 is 9.59 Å². The smallest absolute Gasteiger partial charge is 0.243 e. The van der Waals surface area contributed by atoms with Crippen molar-refractivity contribution >= 4 is 23.6 Å². The van der Waals surface area contributed by atoms with Crippen molar-refractivity contribution in [1.82, 2.24) is 10.2 Å². The Morgan fingerprint density at radius 3 is 2.41 bits per heavy atom. The minimum Gasteiger partial charge on any atom is -0.353 e. The van der Waals surface area contributed by atoms with E-state index < -0.39 is 0 Å². The van der Waals surface area contributed by atoms with Crippen LogP contribution >= 0.6 is 0 Å². The Kier molecular flexibility index (Phi) is 8.26. The number of hydrogen-bond acceptors (Lipinski definition) is 3. The molecule has 2 N–H and O–H groups in total. The minimum atomic E-state index is -0.105. The number of nitrogens with one attached hydrogen (secondary N) is 2. The summed E-state index contributed by atoms with van der Waals surface area (Å²) in [5.41, 5.74) is 2.93. The summed E-state index contributed by atoms with van der Waals surface area (Å²) in [5, 5.41) is 5.61. The largest absolute Gasteiger partial charge is 0.353 e. The fourth-order valence-electron chi connectivity index (χ4n) is 2.65. The molecule has 0 bridgehead atoms. The third-order valence-electron chi connectivity index (χ3n) is 3.97. The first-order valence-electron chi connectivity index (χ1n) is 9.09. The number of anilines is 1. The summed E-state index contributed by atoms with van der Waals surface area (Å²) in [6, 6.07) is 17.7. The predicted molar refractivity (Wildman–Crippen MR) is 110 cm³/mol. The number of nitrogens with zero attached hydrogens (tertiary/aromatic N) is 1. The van der Waals surface area contributed by atoms with Gasteiger partial charge in [0.1, 0.15) is 0 Å². The molecule has 0 heterocycles. The topological polar surface area (TPSA) is 61.4 Å². The summed E-state index contributed by atoms with van der Waals surface area (Å²) in [5.74, 6) is -0.210. The zero-order chi connectivity index (χ0) is 19.5. The number of rotatable bonds is 9. The van der Waals surface area contributed by atoms with Gasteiger partial charge in [-0.25, -0.2) is 0 Å². The van der Waals surface area contributed by atoms with Gasteiger partial charge in [0.2, 0.25) is 11.8 Å². The van der Waals surface area contributed by atoms with E-state index in [4.69, 9.17) is 0 Å². The molecule has 0 atom stereocenters. The van der Waals surface area contributed by atoms with Crippen LogP contribution in [0.1, 0.15) is 24.5 Å². The summed E-state index contributed by atoms with van der Waals surface area (Å²) >= 11 is 0. The quantitative estimate of drug-likeness (QED) is 0.529. The van der Waals surface area contributed by atoms with Crippen LogP contribution in [0.3, 0.4) is 0 Å². The fourth-order valence-corrected chi connectivity index (χ4v) is 2.65. The van der Waals surface area contributed by atoms with Gasteiger partial charge < -0.3 is 15.5 Å². The third kappa shape index (κ3) is 8.33. The molecule has 0 aliphatic rings. The highest BCUT2D eigenvalue weighted by atomic mass is 16.2. The van der Waals surface area contributed by atoms with Crippen molar-refractivity contribution in [3.8, 4) is 0 Å². The molecule has 0 saturated heterocycles. The van der Waals surface area contributed by atoms with Crippen molar-refractivity contribution in [2.75, 3.05) is 25.5 Å². The van der Waals surface area contributed by atoms with Crippen molar-refractivity contribution in [2.45, 2.75) is 19.9 Å². The number of hydrogen-bond donors (Lipinski definition) is 2. The molecule has 2 aromatic carbocycles. The SMILES string of the molecule is CC(=O)Nc1ccc(/C=C/C(=O)NCCCN(C)Cc2ccccc2)cc1. The monoisotopic (exact) mass is 365 g/mol. The maximum Gasteiger partial charge on any atom is 0.243 e. The predicted octanol–water partition coefficient (Wildman–Crippen LogP) is 3.30. The van der Waals surface area contributed by atoms with Gasteiger partial charge in [0.15, 0.2) is 0 Å². The molecule has 0 saturated carbocycles. The second-order valence-corrected chi connectivity index (χ2v) is 6.50. The minimum absolute atomic E-state index is 0.105. The number of carbonyl (C=O) groups excluding carboxylic acids is 2. The molecule has 2 amide bonds. The van der Waals surface area contributed by atoms with E-state index in [-0.39, 0.29) is 11.8 Å². The molecule has 5 heteroatoms. The summed E-state index contributed by atoms with van der Waals surface area (Å²) < 4.78 is 0. The number of benzene rings is 2. The molecule has 0 aliphatic carbocycles. The summed E-state index contributed by atoms with van der Waals surface area (Å²) in [6.45, 7) is 3.94. The van der Waals surface area contributed by atoms with E-state index in [1.807, 2.05) is 42.5 Å². The highest BCUT2D eigenvalue weighted by Gasteiger charge is 2.01. The van der Waals surface area contributed by atoms with Crippen LogP contribution in [0, 0.1) is 0 Å². The molecule has 0 fully saturated rings. The van der Waals surface area contributed by atoms with Gasteiger partial charge in [0.25, 0.3) is 0 Å². The second kappa shape index (κ2) is 10.9. The Bertz CT molecular complexity index is 755. The Morgan fingerprint density at radius 2 is 1.74 bits per heavy atom. The van der Waals surface area contributed by atoms with Crippen molar-refractivity contribution in [1.29, 1.82) is 0 Å². The first kappa shape index (κ1) is 20.4. The lowest BCUT2D eigenvalue weighted by atomic mass is 10.2. The van der Waals surface area contributed by atoms with E-state index in [0.717, 1.165) is 30.8 Å². The highest BCUT2D eigenvalue weighted by Crippen LogP contribution is 2.10. The van der Waals surface area contributed by atoms with Crippen LogP contribution < -0.4 is 10.6 Å². The Hall–Kier alpha value is -2.92. The van der Waals surface area contributed by atoms with E-state index in [1.54, 1.807) is 6.08 Å². The van der Waals surface area contributed by atoms with E-state index in [1.165, 1.54) is 18.6 Å². The Labute approximate surface area is 161 Å². The second-order valence-electron chi connectivity index (χ2n) is 6.50. The summed E-state index contributed by atoms with van der Waals surface area (Å²) in [6.07, 6.45) is 4.18. The van der Waals surface area contributed by atoms with Gasteiger partial charge in [-0.3, -0.25) is 9.59 Å². The zero-order valence-corrected chi connectivity index (χ0v) is 15.9. The first-order valence-corrected chi connectivity index (χ1v) is 9.09. The summed E-state index contributed by atoms with van der Waals surface area (Å²) in [7, 11) is 2.08. The van der Waals surface area contributed by atoms with Gasteiger partial charge in [0, 0.05) is 31.8 Å². The lowest BCUT2D eigenvalue weighted by molar-refractivity contribution is -0.116. The van der Waals surface area contributed by atoms with Crippen LogP contribution in [0.25, 0.3) is 6.08 Å². The normalized spacial score (nSPS) is 10.9. The third-order valence-corrected chi connectivity index (χ3v) is 3.97. The van der Waals surface area contributed by atoms with Crippen molar-refractivity contribution in [3.05, 3.63) is 71.8 Å². The van der Waals surface area contributed by atoms with E-state index in [2.05, 4.69) is 34.7 Å². The van der Waals surface area contributed by atoms with Gasteiger partial charge in [0.05, 0.1) is 0 Å². The van der Waals surface area contributed by atoms with Gasteiger partial charge in [-0.1, -0.05) is 42.5 Å². The lowest BCUT2D eigenvalue weighted by Gasteiger charge is -2.16. The van der Waals surface area contributed by atoms with Gasteiger partial charge in [-0.05, 0) is 49.3 Å². The van der Waals surface area contributed by atoms with Gasteiger partial charge >= 0.3 is 0 Å². The Balaban J connectivity index is 1.65. The maximum absolute atomic E-state index is 11.9. The van der Waals surface area contributed by atoms with Crippen LogP contribution in [-0.2, 0) is 16.1 Å². The average molecular weight is 365 g/mol. The molecule has 5 nitrogen and oxygen atoms in total. The highest BCUT2D eigenvalue weighted by molar-refractivity contribution is 5.92. The maximum atomic E-state index is 11.9. The molecule has 0 aliphatic heterocycles. The number of amides is 2. The van der Waals surface area contributed by atoms with E-state index in [9.17, 15) is 9.59 Å². The van der Waals surface area contributed by atoms with E-state index >= 15 is 0 Å². The van der Waals surface area contributed by atoms with Gasteiger partial charge in [-0.2, -0.15) is 0 Å². The average Bonchev–Trinajstić information content (AvgIpc) is 2.65. The van der Waals surface area contributed by atoms with Crippen LogP contribution in [0.15, 0.2) is 60.7 Å². The molecule has 27 heavy (non-hydrogen) atoms. The van der Waals surface area contributed by atoms with Crippen LogP contribution in [0.4, 0.5) is 5.69 Å². The molecule has 0 unspecified atom stereocenters. The first-order chi connectivity index (χ1) is 13.0. The zero-order valence-electron chi connectivity index (χ0n) is 15.9. The standard InChI is InChI=1S/C22H27N3O2/c1-18(26)24-21-12-9-19(10-13-21)11-14-22(27)23-15-6-16-25(2)17-20-7-4-3-5-8-20/h3-5,7-14H,6,15-17H2,1-2H3,(H,23,27)(H,24,26)/b14-11+. The Morgan fingerprint density at radius 1 is 1.04 bits per heavy atom. The molecule has 2 aromatic rings. The van der Waals surface area contributed by atoms with Gasteiger partial charge in [-0.15, -0.1) is 0 Å². The number of carbonyl (C=O) groups is 2.